The van der Waals surface area contributed by atoms with Gasteiger partial charge in [0, 0.05) is 46.2 Å². The molecule has 1 amide bonds. The third-order valence-electron chi connectivity index (χ3n) is 3.85. The SMILES string of the molecule is COCCC1(CNc2ccnc(C(=O)N(C)C)c2)CC1. The quantitative estimate of drug-likeness (QED) is 0.828. The summed E-state index contributed by atoms with van der Waals surface area (Å²) in [6.45, 7) is 1.73. The zero-order chi connectivity index (χ0) is 14.6. The van der Waals surface area contributed by atoms with Gasteiger partial charge < -0.3 is 15.0 Å². The Hall–Kier alpha value is -1.62. The topological polar surface area (TPSA) is 54.5 Å². The van der Waals surface area contributed by atoms with Crippen LogP contribution in [-0.2, 0) is 4.74 Å². The first-order chi connectivity index (χ1) is 9.56. The average molecular weight is 277 g/mol. The summed E-state index contributed by atoms with van der Waals surface area (Å²) in [7, 11) is 5.20. The summed E-state index contributed by atoms with van der Waals surface area (Å²) in [6.07, 6.45) is 5.26. The number of nitrogens with one attached hydrogen (secondary N) is 1. The molecule has 1 fully saturated rings. The summed E-state index contributed by atoms with van der Waals surface area (Å²) < 4.78 is 5.16. The Morgan fingerprint density at radius 2 is 2.25 bits per heavy atom. The molecule has 2 rings (SSSR count). The summed E-state index contributed by atoms with van der Waals surface area (Å²) in [5, 5.41) is 3.42. The van der Waals surface area contributed by atoms with Crippen molar-refractivity contribution in [2.24, 2.45) is 5.41 Å². The Labute approximate surface area is 120 Å². The molecule has 0 unspecified atom stereocenters. The van der Waals surface area contributed by atoms with E-state index in [1.54, 1.807) is 27.4 Å². The zero-order valence-corrected chi connectivity index (χ0v) is 12.5. The minimum atomic E-state index is -0.0748. The monoisotopic (exact) mass is 277 g/mol. The van der Waals surface area contributed by atoms with Crippen LogP contribution < -0.4 is 5.32 Å². The number of methoxy groups -OCH3 is 1. The van der Waals surface area contributed by atoms with Crippen LogP contribution in [0.25, 0.3) is 0 Å². The molecule has 1 aromatic heterocycles. The van der Waals surface area contributed by atoms with Crippen molar-refractivity contribution in [2.75, 3.05) is 39.7 Å². The zero-order valence-electron chi connectivity index (χ0n) is 12.5. The molecule has 0 aromatic carbocycles. The van der Waals surface area contributed by atoms with Gasteiger partial charge in [-0.1, -0.05) is 0 Å². The Bertz CT molecular complexity index is 470. The van der Waals surface area contributed by atoms with Crippen LogP contribution in [0.15, 0.2) is 18.3 Å². The lowest BCUT2D eigenvalue weighted by molar-refractivity contribution is 0.0822. The van der Waals surface area contributed by atoms with E-state index in [0.29, 0.717) is 11.1 Å². The first-order valence-electron chi connectivity index (χ1n) is 6.97. The minimum Gasteiger partial charge on any atom is -0.385 e. The molecule has 20 heavy (non-hydrogen) atoms. The van der Waals surface area contributed by atoms with Crippen molar-refractivity contribution < 1.29 is 9.53 Å². The number of ether oxygens (including phenoxy) is 1. The molecule has 1 aliphatic carbocycles. The van der Waals surface area contributed by atoms with Gasteiger partial charge in [-0.2, -0.15) is 0 Å². The number of hydrogen-bond acceptors (Lipinski definition) is 4. The van der Waals surface area contributed by atoms with Gasteiger partial charge in [0.15, 0.2) is 0 Å². The van der Waals surface area contributed by atoms with E-state index in [2.05, 4.69) is 10.3 Å². The molecule has 1 N–H and O–H groups in total. The van der Waals surface area contributed by atoms with E-state index in [1.807, 2.05) is 12.1 Å². The maximum Gasteiger partial charge on any atom is 0.272 e. The van der Waals surface area contributed by atoms with Crippen molar-refractivity contribution in [3.8, 4) is 0 Å². The molecule has 110 valence electrons. The Balaban J connectivity index is 1.93. The molecule has 0 radical (unpaired) electrons. The van der Waals surface area contributed by atoms with Gasteiger partial charge in [0.05, 0.1) is 0 Å². The van der Waals surface area contributed by atoms with Crippen LogP contribution in [0.5, 0.6) is 0 Å². The highest BCUT2D eigenvalue weighted by atomic mass is 16.5. The molecule has 0 bridgehead atoms. The summed E-state index contributed by atoms with van der Waals surface area (Å²) in [5.41, 5.74) is 1.81. The molecule has 1 heterocycles. The third-order valence-corrected chi connectivity index (χ3v) is 3.85. The molecular weight excluding hydrogens is 254 g/mol. The van der Waals surface area contributed by atoms with E-state index < -0.39 is 0 Å². The van der Waals surface area contributed by atoms with Gasteiger partial charge in [-0.05, 0) is 36.8 Å². The van der Waals surface area contributed by atoms with Crippen molar-refractivity contribution in [3.63, 3.8) is 0 Å². The average Bonchev–Trinajstić information content (AvgIpc) is 3.23. The fraction of sp³-hybridized carbons (Fsp3) is 0.600. The van der Waals surface area contributed by atoms with E-state index in [9.17, 15) is 4.79 Å². The van der Waals surface area contributed by atoms with E-state index in [-0.39, 0.29) is 5.91 Å². The molecule has 0 saturated heterocycles. The van der Waals surface area contributed by atoms with Gasteiger partial charge >= 0.3 is 0 Å². The maximum atomic E-state index is 11.9. The van der Waals surface area contributed by atoms with Crippen LogP contribution in [0.1, 0.15) is 29.8 Å². The summed E-state index contributed by atoms with van der Waals surface area (Å²) in [5.74, 6) is -0.0748. The predicted octanol–water partition coefficient (Wildman–Crippen LogP) is 2.01. The summed E-state index contributed by atoms with van der Waals surface area (Å²) >= 11 is 0. The number of carbonyl (C=O) groups excluding carboxylic acids is 1. The van der Waals surface area contributed by atoms with Crippen molar-refractivity contribution in [2.45, 2.75) is 19.3 Å². The van der Waals surface area contributed by atoms with Gasteiger partial charge in [0.1, 0.15) is 5.69 Å². The van der Waals surface area contributed by atoms with Gasteiger partial charge in [-0.3, -0.25) is 9.78 Å². The van der Waals surface area contributed by atoms with Crippen LogP contribution in [0.2, 0.25) is 0 Å². The third kappa shape index (κ3) is 3.70. The first kappa shape index (κ1) is 14.8. The Morgan fingerprint density at radius 3 is 2.85 bits per heavy atom. The van der Waals surface area contributed by atoms with Crippen molar-refractivity contribution in [3.05, 3.63) is 24.0 Å². The normalized spacial score (nSPS) is 15.8. The summed E-state index contributed by atoms with van der Waals surface area (Å²) in [6, 6.07) is 3.72. The fourth-order valence-electron chi connectivity index (χ4n) is 2.19. The van der Waals surface area contributed by atoms with E-state index in [4.69, 9.17) is 4.74 Å². The molecule has 0 aliphatic heterocycles. The molecule has 0 atom stereocenters. The first-order valence-corrected chi connectivity index (χ1v) is 6.97. The van der Waals surface area contributed by atoms with Crippen LogP contribution in [-0.4, -0.2) is 50.1 Å². The number of nitrogens with zero attached hydrogens (tertiary/aromatic N) is 2. The highest BCUT2D eigenvalue weighted by Crippen LogP contribution is 2.48. The Kier molecular flexibility index (Phi) is 4.60. The number of carbonyl (C=O) groups is 1. The molecule has 5 heteroatoms. The van der Waals surface area contributed by atoms with Gasteiger partial charge in [0.25, 0.3) is 5.91 Å². The van der Waals surface area contributed by atoms with Gasteiger partial charge in [-0.15, -0.1) is 0 Å². The lowest BCUT2D eigenvalue weighted by Gasteiger charge is -2.17. The molecule has 1 aromatic rings. The van der Waals surface area contributed by atoms with Crippen LogP contribution in [0.4, 0.5) is 5.69 Å². The number of anilines is 1. The lowest BCUT2D eigenvalue weighted by Crippen LogP contribution is -2.23. The number of hydrogen-bond donors (Lipinski definition) is 1. The van der Waals surface area contributed by atoms with Gasteiger partial charge in [0.2, 0.25) is 0 Å². The number of pyridine rings is 1. The molecule has 1 saturated carbocycles. The number of aromatic nitrogens is 1. The van der Waals surface area contributed by atoms with E-state index in [0.717, 1.165) is 25.3 Å². The van der Waals surface area contributed by atoms with Gasteiger partial charge in [-0.25, -0.2) is 0 Å². The van der Waals surface area contributed by atoms with E-state index >= 15 is 0 Å². The molecule has 5 nitrogen and oxygen atoms in total. The van der Waals surface area contributed by atoms with Crippen molar-refractivity contribution in [1.82, 2.24) is 9.88 Å². The highest BCUT2D eigenvalue weighted by Gasteiger charge is 2.41. The largest absolute Gasteiger partial charge is 0.385 e. The second kappa shape index (κ2) is 6.22. The highest BCUT2D eigenvalue weighted by molar-refractivity contribution is 5.92. The predicted molar refractivity (Wildman–Crippen MR) is 78.9 cm³/mol. The molecular formula is C15H23N3O2. The maximum absolute atomic E-state index is 11.9. The number of amides is 1. The van der Waals surface area contributed by atoms with Crippen molar-refractivity contribution in [1.29, 1.82) is 0 Å². The molecule has 0 spiro atoms. The van der Waals surface area contributed by atoms with Crippen LogP contribution in [0.3, 0.4) is 0 Å². The van der Waals surface area contributed by atoms with Crippen molar-refractivity contribution >= 4 is 11.6 Å². The summed E-state index contributed by atoms with van der Waals surface area (Å²) in [4.78, 5) is 17.5. The smallest absolute Gasteiger partial charge is 0.272 e. The second-order valence-electron chi connectivity index (χ2n) is 5.73. The second-order valence-corrected chi connectivity index (χ2v) is 5.73. The molecule has 1 aliphatic rings. The Morgan fingerprint density at radius 1 is 1.50 bits per heavy atom. The lowest BCUT2D eigenvalue weighted by atomic mass is 10.0. The number of rotatable bonds is 7. The van der Waals surface area contributed by atoms with Crippen LogP contribution >= 0.6 is 0 Å². The fourth-order valence-corrected chi connectivity index (χ4v) is 2.19. The standard InChI is InChI=1S/C15H23N3O2/c1-18(2)14(19)13-10-12(4-8-16-13)17-11-15(5-6-15)7-9-20-3/h4,8,10H,5-7,9,11H2,1-3H3,(H,16,17). The minimum absolute atomic E-state index is 0.0748. The van der Waals surface area contributed by atoms with Crippen LogP contribution in [0, 0.1) is 5.41 Å². The van der Waals surface area contributed by atoms with E-state index in [1.165, 1.54) is 17.7 Å².